The second-order valence-corrected chi connectivity index (χ2v) is 5.87. The monoisotopic (exact) mass is 275 g/mol. The molecule has 20 heavy (non-hydrogen) atoms. The second-order valence-electron chi connectivity index (χ2n) is 5.87. The highest BCUT2D eigenvalue weighted by molar-refractivity contribution is 5.93. The largest absolute Gasteiger partial charge is 0.352 e. The van der Waals surface area contributed by atoms with E-state index in [1.807, 2.05) is 0 Å². The van der Waals surface area contributed by atoms with Gasteiger partial charge < -0.3 is 10.3 Å². The predicted octanol–water partition coefficient (Wildman–Crippen LogP) is 1.12. The van der Waals surface area contributed by atoms with Gasteiger partial charge in [0.25, 0.3) is 5.91 Å². The number of nitrogens with zero attached hydrogens (tertiary/aromatic N) is 1. The van der Waals surface area contributed by atoms with Gasteiger partial charge in [-0.3, -0.25) is 14.5 Å². The van der Waals surface area contributed by atoms with Gasteiger partial charge in [0.05, 0.1) is 5.56 Å². The minimum atomic E-state index is -0.187. The van der Waals surface area contributed by atoms with Gasteiger partial charge in [-0.15, -0.1) is 0 Å². The Kier molecular flexibility index (Phi) is 3.61. The Morgan fingerprint density at radius 2 is 2.05 bits per heavy atom. The van der Waals surface area contributed by atoms with E-state index in [-0.39, 0.29) is 11.5 Å². The number of H-pyrrole nitrogens is 1. The molecule has 3 heterocycles. The van der Waals surface area contributed by atoms with Crippen LogP contribution in [0.15, 0.2) is 23.1 Å². The fourth-order valence-electron chi connectivity index (χ4n) is 3.70. The molecule has 5 heteroatoms. The molecule has 0 aliphatic carbocycles. The van der Waals surface area contributed by atoms with E-state index in [9.17, 15) is 9.59 Å². The summed E-state index contributed by atoms with van der Waals surface area (Å²) >= 11 is 0. The van der Waals surface area contributed by atoms with Gasteiger partial charge in [0, 0.05) is 24.3 Å². The van der Waals surface area contributed by atoms with Crippen LogP contribution in [-0.4, -0.2) is 41.0 Å². The molecule has 0 saturated carbocycles. The van der Waals surface area contributed by atoms with E-state index in [0.717, 1.165) is 6.42 Å². The van der Waals surface area contributed by atoms with Gasteiger partial charge in [-0.2, -0.15) is 0 Å². The summed E-state index contributed by atoms with van der Waals surface area (Å²) in [7, 11) is 0. The molecule has 0 aromatic carbocycles. The van der Waals surface area contributed by atoms with Crippen LogP contribution in [0.2, 0.25) is 0 Å². The lowest BCUT2D eigenvalue weighted by Gasteiger charge is -2.32. The van der Waals surface area contributed by atoms with E-state index in [1.165, 1.54) is 51.0 Å². The Hall–Kier alpha value is -1.62. The van der Waals surface area contributed by atoms with Crippen molar-refractivity contribution in [1.29, 1.82) is 0 Å². The third-order valence-corrected chi connectivity index (χ3v) is 4.73. The molecule has 3 rings (SSSR count). The van der Waals surface area contributed by atoms with Gasteiger partial charge in [-0.1, -0.05) is 0 Å². The van der Waals surface area contributed by atoms with Crippen molar-refractivity contribution in [2.45, 2.75) is 37.6 Å². The number of hydrogen-bond acceptors (Lipinski definition) is 3. The van der Waals surface area contributed by atoms with Crippen LogP contribution in [0.1, 0.15) is 42.5 Å². The fraction of sp³-hybridized carbons (Fsp3) is 0.600. The van der Waals surface area contributed by atoms with Crippen LogP contribution in [0.4, 0.5) is 0 Å². The normalized spacial score (nSPS) is 20.8. The molecule has 0 unspecified atom stereocenters. The van der Waals surface area contributed by atoms with Gasteiger partial charge in [0.1, 0.15) is 0 Å². The summed E-state index contributed by atoms with van der Waals surface area (Å²) in [5.41, 5.74) is 0.669. The van der Waals surface area contributed by atoms with Gasteiger partial charge >= 0.3 is 0 Å². The summed E-state index contributed by atoms with van der Waals surface area (Å²) in [5.74, 6) is -0.111. The maximum atomic E-state index is 12.0. The lowest BCUT2D eigenvalue weighted by Crippen LogP contribution is -2.41. The van der Waals surface area contributed by atoms with Crippen LogP contribution >= 0.6 is 0 Å². The number of fused-ring (bicyclic) bond motifs is 1. The van der Waals surface area contributed by atoms with Crippen LogP contribution in [0.5, 0.6) is 0 Å². The average molecular weight is 275 g/mol. The van der Waals surface area contributed by atoms with Crippen LogP contribution in [0.25, 0.3) is 0 Å². The molecule has 0 atom stereocenters. The van der Waals surface area contributed by atoms with Crippen molar-refractivity contribution in [3.63, 3.8) is 0 Å². The molecule has 1 amide bonds. The van der Waals surface area contributed by atoms with Crippen LogP contribution in [0.3, 0.4) is 0 Å². The van der Waals surface area contributed by atoms with E-state index < -0.39 is 0 Å². The van der Waals surface area contributed by atoms with Gasteiger partial charge in [-0.05, 0) is 51.3 Å². The molecule has 2 N–H and O–H groups in total. The van der Waals surface area contributed by atoms with Crippen molar-refractivity contribution in [2.24, 2.45) is 0 Å². The summed E-state index contributed by atoms with van der Waals surface area (Å²) in [6, 6.07) is 2.94. The highest BCUT2D eigenvalue weighted by Crippen LogP contribution is 2.40. The Bertz CT molecular complexity index is 522. The van der Waals surface area contributed by atoms with Gasteiger partial charge in [0.15, 0.2) is 0 Å². The lowest BCUT2D eigenvalue weighted by molar-refractivity contribution is 0.0942. The molecule has 0 spiro atoms. The highest BCUT2D eigenvalue weighted by atomic mass is 16.1. The quantitative estimate of drug-likeness (QED) is 0.865. The van der Waals surface area contributed by atoms with E-state index in [4.69, 9.17) is 0 Å². The zero-order valence-corrected chi connectivity index (χ0v) is 11.7. The first-order chi connectivity index (χ1) is 9.70. The summed E-state index contributed by atoms with van der Waals surface area (Å²) in [6.45, 7) is 3.14. The first kappa shape index (κ1) is 13.4. The summed E-state index contributed by atoms with van der Waals surface area (Å²) in [4.78, 5) is 28.1. The minimum Gasteiger partial charge on any atom is -0.352 e. The van der Waals surface area contributed by atoms with Crippen molar-refractivity contribution < 1.29 is 4.79 Å². The van der Waals surface area contributed by atoms with Crippen LogP contribution in [0, 0.1) is 0 Å². The van der Waals surface area contributed by atoms with Crippen molar-refractivity contribution >= 4 is 5.91 Å². The molecule has 1 aromatic rings. The third kappa shape index (κ3) is 2.50. The van der Waals surface area contributed by atoms with Crippen molar-refractivity contribution in [3.8, 4) is 0 Å². The molecule has 2 fully saturated rings. The zero-order chi connectivity index (χ0) is 14.0. The number of hydrogen-bond donors (Lipinski definition) is 2. The second kappa shape index (κ2) is 5.40. The maximum absolute atomic E-state index is 12.0. The van der Waals surface area contributed by atoms with E-state index >= 15 is 0 Å². The molecule has 2 aliphatic rings. The Morgan fingerprint density at radius 3 is 2.70 bits per heavy atom. The summed E-state index contributed by atoms with van der Waals surface area (Å²) in [6.07, 6.45) is 7.60. The molecule has 1 aromatic heterocycles. The molecule has 108 valence electrons. The molecule has 0 bridgehead atoms. The Balaban J connectivity index is 1.53. The molecule has 0 radical (unpaired) electrons. The van der Waals surface area contributed by atoms with Gasteiger partial charge in [-0.25, -0.2) is 0 Å². The number of pyridine rings is 1. The topological polar surface area (TPSA) is 65.2 Å². The molecule has 2 aliphatic heterocycles. The number of carbonyl (C=O) groups excluding carboxylic acids is 1. The first-order valence-electron chi connectivity index (χ1n) is 7.42. The number of amides is 1. The Labute approximate surface area is 118 Å². The number of aromatic amines is 1. The zero-order valence-electron chi connectivity index (χ0n) is 11.7. The smallest absolute Gasteiger partial charge is 0.252 e. The third-order valence-electron chi connectivity index (χ3n) is 4.73. The van der Waals surface area contributed by atoms with E-state index in [2.05, 4.69) is 15.2 Å². The first-order valence-corrected chi connectivity index (χ1v) is 7.42. The summed E-state index contributed by atoms with van der Waals surface area (Å²) in [5, 5.41) is 2.97. The standard InChI is InChI=1S/C15H21N3O2/c19-13-4-3-12(11-17-13)14(20)16-8-7-15-5-1-9-18(15)10-2-6-15/h3-4,11H,1-2,5-10H2,(H,16,20)(H,17,19). The maximum Gasteiger partial charge on any atom is 0.252 e. The van der Waals surface area contributed by atoms with E-state index in [0.29, 0.717) is 17.6 Å². The molecular weight excluding hydrogens is 254 g/mol. The van der Waals surface area contributed by atoms with Gasteiger partial charge in [0.2, 0.25) is 5.56 Å². The number of aromatic nitrogens is 1. The number of carbonyl (C=O) groups is 1. The van der Waals surface area contributed by atoms with Crippen LogP contribution in [-0.2, 0) is 0 Å². The lowest BCUT2D eigenvalue weighted by atomic mass is 9.90. The van der Waals surface area contributed by atoms with E-state index in [1.54, 1.807) is 6.07 Å². The highest BCUT2D eigenvalue weighted by Gasteiger charge is 2.43. The van der Waals surface area contributed by atoms with Crippen molar-refractivity contribution in [1.82, 2.24) is 15.2 Å². The fourth-order valence-corrected chi connectivity index (χ4v) is 3.70. The molecular formula is C15H21N3O2. The van der Waals surface area contributed by atoms with Crippen LogP contribution < -0.4 is 10.9 Å². The van der Waals surface area contributed by atoms with Crippen molar-refractivity contribution in [2.75, 3.05) is 19.6 Å². The molecule has 5 nitrogen and oxygen atoms in total. The Morgan fingerprint density at radius 1 is 1.30 bits per heavy atom. The number of nitrogens with one attached hydrogen (secondary N) is 2. The SMILES string of the molecule is O=C(NCCC12CCCN1CCC2)c1ccc(=O)[nH]c1. The summed E-state index contributed by atoms with van der Waals surface area (Å²) < 4.78 is 0. The minimum absolute atomic E-state index is 0.111. The number of rotatable bonds is 4. The predicted molar refractivity (Wildman–Crippen MR) is 76.8 cm³/mol. The average Bonchev–Trinajstić information content (AvgIpc) is 2.98. The molecule has 2 saturated heterocycles. The van der Waals surface area contributed by atoms with Crippen molar-refractivity contribution in [3.05, 3.63) is 34.2 Å².